The summed E-state index contributed by atoms with van der Waals surface area (Å²) in [6, 6.07) is 17.2. The van der Waals surface area contributed by atoms with Crippen LogP contribution in [0.5, 0.6) is 0 Å². The third-order valence-corrected chi connectivity index (χ3v) is 4.62. The molecule has 0 atom stereocenters. The number of amides is 2. The van der Waals surface area contributed by atoms with Gasteiger partial charge in [0.2, 0.25) is 5.91 Å². The van der Waals surface area contributed by atoms with Crippen LogP contribution >= 0.6 is 11.8 Å². The Hall–Kier alpha value is -2.71. The Morgan fingerprint density at radius 3 is 2.60 bits per heavy atom. The van der Waals surface area contributed by atoms with Gasteiger partial charge in [-0.1, -0.05) is 47.9 Å². The van der Waals surface area contributed by atoms with Gasteiger partial charge in [-0.3, -0.25) is 9.59 Å². The average Bonchev–Trinajstić information content (AvgIpc) is 3.04. The van der Waals surface area contributed by atoms with E-state index in [2.05, 4.69) is 17.2 Å². The van der Waals surface area contributed by atoms with Gasteiger partial charge in [-0.15, -0.1) is 0 Å². The first-order chi connectivity index (χ1) is 12.2. The number of carbonyl (C=O) groups is 2. The highest BCUT2D eigenvalue weighted by Gasteiger charge is 2.21. The predicted molar refractivity (Wildman–Crippen MR) is 102 cm³/mol. The number of hydrogen-bond donors (Lipinski definition) is 1. The molecule has 0 radical (unpaired) electrons. The van der Waals surface area contributed by atoms with Crippen LogP contribution in [0.15, 0.2) is 54.6 Å². The number of benzene rings is 2. The summed E-state index contributed by atoms with van der Waals surface area (Å²) >= 11 is 1.31. The second-order valence-electron chi connectivity index (χ2n) is 5.60. The van der Waals surface area contributed by atoms with Crippen LogP contribution in [0.25, 0.3) is 0 Å². The molecule has 0 unspecified atom stereocenters. The molecule has 0 aliphatic carbocycles. The molecule has 4 nitrogen and oxygen atoms in total. The van der Waals surface area contributed by atoms with Crippen LogP contribution in [-0.2, 0) is 4.79 Å². The van der Waals surface area contributed by atoms with E-state index in [9.17, 15) is 9.59 Å². The number of carbonyl (C=O) groups excluding carboxylic acids is 2. The Morgan fingerprint density at radius 1 is 1.08 bits per heavy atom. The van der Waals surface area contributed by atoms with Gasteiger partial charge in [-0.25, -0.2) is 0 Å². The fraction of sp³-hybridized carbons (Fsp3) is 0.200. The van der Waals surface area contributed by atoms with Gasteiger partial charge in [-0.05, 0) is 30.3 Å². The van der Waals surface area contributed by atoms with E-state index in [4.69, 9.17) is 0 Å². The average molecular weight is 350 g/mol. The topological polar surface area (TPSA) is 49.4 Å². The molecule has 5 heteroatoms. The van der Waals surface area contributed by atoms with Crippen molar-refractivity contribution in [2.24, 2.45) is 0 Å². The third kappa shape index (κ3) is 5.13. The highest BCUT2D eigenvalue weighted by atomic mass is 32.2. The Bertz CT molecular complexity index is 824. The highest BCUT2D eigenvalue weighted by molar-refractivity contribution is 8.13. The smallest absolute Gasteiger partial charge is 0.281 e. The fourth-order valence-corrected chi connectivity index (χ4v) is 3.28. The molecule has 0 aromatic heterocycles. The van der Waals surface area contributed by atoms with Crippen LogP contribution in [0.4, 0.5) is 10.5 Å². The maximum Gasteiger partial charge on any atom is 0.281 e. The van der Waals surface area contributed by atoms with E-state index >= 15 is 0 Å². The van der Waals surface area contributed by atoms with E-state index in [1.807, 2.05) is 54.6 Å². The second-order valence-corrected chi connectivity index (χ2v) is 6.64. The van der Waals surface area contributed by atoms with Crippen molar-refractivity contribution in [1.29, 1.82) is 0 Å². The SMILES string of the molecule is O=C(CCN1CCSC1=O)Nc1cccc(C#Cc2ccccc2)c1. The molecule has 0 saturated carbocycles. The van der Waals surface area contributed by atoms with Gasteiger partial charge in [0.05, 0.1) is 0 Å². The van der Waals surface area contributed by atoms with Crippen molar-refractivity contribution in [3.8, 4) is 11.8 Å². The van der Waals surface area contributed by atoms with Crippen LogP contribution in [0.3, 0.4) is 0 Å². The Labute approximate surface area is 151 Å². The number of anilines is 1. The van der Waals surface area contributed by atoms with Crippen molar-refractivity contribution in [3.05, 3.63) is 65.7 Å². The van der Waals surface area contributed by atoms with Gasteiger partial charge in [0, 0.05) is 42.1 Å². The quantitative estimate of drug-likeness (QED) is 0.858. The molecule has 1 aliphatic rings. The number of thioether (sulfide) groups is 1. The van der Waals surface area contributed by atoms with E-state index in [1.54, 1.807) is 4.90 Å². The van der Waals surface area contributed by atoms with Crippen LogP contribution in [0.1, 0.15) is 17.5 Å². The first kappa shape index (κ1) is 17.1. The molecule has 1 N–H and O–H groups in total. The predicted octanol–water partition coefficient (Wildman–Crippen LogP) is 3.58. The molecule has 2 amide bonds. The minimum atomic E-state index is -0.0992. The number of nitrogens with one attached hydrogen (secondary N) is 1. The number of hydrogen-bond acceptors (Lipinski definition) is 3. The zero-order valence-corrected chi connectivity index (χ0v) is 14.5. The van der Waals surface area contributed by atoms with E-state index in [1.165, 1.54) is 11.8 Å². The van der Waals surface area contributed by atoms with E-state index in [0.29, 0.717) is 18.7 Å². The van der Waals surface area contributed by atoms with Crippen LogP contribution in [0, 0.1) is 11.8 Å². The van der Waals surface area contributed by atoms with E-state index in [0.717, 1.165) is 23.4 Å². The van der Waals surface area contributed by atoms with Crippen molar-refractivity contribution >= 4 is 28.6 Å². The molecule has 25 heavy (non-hydrogen) atoms. The normalized spacial score (nSPS) is 13.3. The monoisotopic (exact) mass is 350 g/mol. The van der Waals surface area contributed by atoms with Gasteiger partial charge in [0.1, 0.15) is 0 Å². The van der Waals surface area contributed by atoms with Crippen molar-refractivity contribution < 1.29 is 9.59 Å². The summed E-state index contributed by atoms with van der Waals surface area (Å²) in [4.78, 5) is 25.3. The maximum atomic E-state index is 12.1. The summed E-state index contributed by atoms with van der Waals surface area (Å²) in [6.45, 7) is 1.19. The molecule has 2 aromatic carbocycles. The molecule has 0 bridgehead atoms. The summed E-state index contributed by atoms with van der Waals surface area (Å²) in [5, 5.41) is 2.93. The van der Waals surface area contributed by atoms with Crippen molar-refractivity contribution in [3.63, 3.8) is 0 Å². The van der Waals surface area contributed by atoms with Crippen molar-refractivity contribution in [2.75, 3.05) is 24.2 Å². The van der Waals surface area contributed by atoms with Gasteiger partial charge < -0.3 is 10.2 Å². The largest absolute Gasteiger partial charge is 0.332 e. The van der Waals surface area contributed by atoms with E-state index < -0.39 is 0 Å². The lowest BCUT2D eigenvalue weighted by Gasteiger charge is -2.13. The van der Waals surface area contributed by atoms with Gasteiger partial charge in [-0.2, -0.15) is 0 Å². The summed E-state index contributed by atoms with van der Waals surface area (Å²) < 4.78 is 0. The zero-order valence-electron chi connectivity index (χ0n) is 13.7. The second kappa shape index (κ2) is 8.41. The maximum absolute atomic E-state index is 12.1. The molecule has 0 spiro atoms. The Morgan fingerprint density at radius 2 is 1.84 bits per heavy atom. The third-order valence-electron chi connectivity index (χ3n) is 3.73. The zero-order chi connectivity index (χ0) is 17.5. The molecule has 3 rings (SSSR count). The molecule has 126 valence electrons. The minimum absolute atomic E-state index is 0.0611. The van der Waals surface area contributed by atoms with Crippen LogP contribution in [0.2, 0.25) is 0 Å². The standard InChI is InChI=1S/C20H18N2O2S/c23-19(11-12-22-13-14-25-20(22)24)21-18-8-4-7-17(15-18)10-9-16-5-2-1-3-6-16/h1-8,15H,11-14H2,(H,21,23). The summed E-state index contributed by atoms with van der Waals surface area (Å²) in [6.07, 6.45) is 0.298. The Kier molecular flexibility index (Phi) is 5.76. The molecule has 1 fully saturated rings. The Balaban J connectivity index is 1.57. The van der Waals surface area contributed by atoms with Gasteiger partial charge in [0.25, 0.3) is 5.24 Å². The molecule has 1 heterocycles. The molecule has 2 aromatic rings. The van der Waals surface area contributed by atoms with Crippen molar-refractivity contribution in [2.45, 2.75) is 6.42 Å². The first-order valence-corrected chi connectivity index (χ1v) is 9.08. The molecule has 1 saturated heterocycles. The molecular formula is C20H18N2O2S. The van der Waals surface area contributed by atoms with Gasteiger partial charge in [0.15, 0.2) is 0 Å². The minimum Gasteiger partial charge on any atom is -0.332 e. The lowest BCUT2D eigenvalue weighted by molar-refractivity contribution is -0.116. The first-order valence-electron chi connectivity index (χ1n) is 8.09. The number of nitrogens with zero attached hydrogens (tertiary/aromatic N) is 1. The van der Waals surface area contributed by atoms with Crippen LogP contribution in [-0.4, -0.2) is 34.9 Å². The number of rotatable bonds is 4. The molecule has 1 aliphatic heterocycles. The summed E-state index contributed by atoms with van der Waals surface area (Å²) in [7, 11) is 0. The summed E-state index contributed by atoms with van der Waals surface area (Å²) in [5.41, 5.74) is 2.50. The van der Waals surface area contributed by atoms with Crippen molar-refractivity contribution in [1.82, 2.24) is 4.90 Å². The summed E-state index contributed by atoms with van der Waals surface area (Å²) in [5.74, 6) is 6.91. The van der Waals surface area contributed by atoms with Gasteiger partial charge >= 0.3 is 0 Å². The van der Waals surface area contributed by atoms with Crippen LogP contribution < -0.4 is 5.32 Å². The lowest BCUT2D eigenvalue weighted by Crippen LogP contribution is -2.27. The fourth-order valence-electron chi connectivity index (χ4n) is 2.43. The highest BCUT2D eigenvalue weighted by Crippen LogP contribution is 2.17. The van der Waals surface area contributed by atoms with E-state index in [-0.39, 0.29) is 11.1 Å². The lowest BCUT2D eigenvalue weighted by atomic mass is 10.1. The molecular weight excluding hydrogens is 332 g/mol.